The Morgan fingerprint density at radius 1 is 1.58 bits per heavy atom. The topological polar surface area (TPSA) is 57.4 Å². The molecular weight excluding hydrogens is 279 g/mol. The molecule has 19 heavy (non-hydrogen) atoms. The first-order valence-corrected chi connectivity index (χ1v) is 6.27. The number of nitrogens with zero attached hydrogens (tertiary/aromatic N) is 2. The Kier molecular flexibility index (Phi) is 6.02. The molecule has 0 amide bonds. The van der Waals surface area contributed by atoms with Crippen LogP contribution in [0.5, 0.6) is 5.75 Å². The molecular formula is C11H10F3N3OS. The van der Waals surface area contributed by atoms with Crippen LogP contribution in [0.1, 0.15) is 0 Å². The van der Waals surface area contributed by atoms with Crippen LogP contribution in [-0.2, 0) is 0 Å². The maximum atomic E-state index is 13.5. The van der Waals surface area contributed by atoms with Gasteiger partial charge in [0.25, 0.3) is 6.43 Å². The Balaban J connectivity index is 2.84. The van der Waals surface area contributed by atoms with E-state index in [1.54, 1.807) is 12.4 Å². The molecule has 0 aliphatic carbocycles. The average Bonchev–Trinajstić information content (AvgIpc) is 2.37. The highest BCUT2D eigenvalue weighted by atomic mass is 32.2. The maximum Gasteiger partial charge on any atom is 0.272 e. The fraction of sp³-hybridized carbons (Fsp3) is 0.273. The number of nitriles is 1. The second-order valence-electron chi connectivity index (χ2n) is 3.17. The van der Waals surface area contributed by atoms with Crippen LogP contribution in [0.3, 0.4) is 0 Å². The molecule has 1 aromatic rings. The predicted octanol–water partition coefficient (Wildman–Crippen LogP) is 2.89. The number of benzene rings is 1. The molecule has 0 saturated carbocycles. The number of aliphatic imine (C=N–C) groups is 1. The maximum absolute atomic E-state index is 13.5. The van der Waals surface area contributed by atoms with Gasteiger partial charge in [-0.25, -0.2) is 18.2 Å². The SMILES string of the molecule is CSC(=Nc1ccc(OCC(F)F)c(F)c1)NC#N. The van der Waals surface area contributed by atoms with Crippen molar-refractivity contribution in [1.82, 2.24) is 5.32 Å². The van der Waals surface area contributed by atoms with Crippen LogP contribution in [0.15, 0.2) is 23.2 Å². The molecule has 0 bridgehead atoms. The van der Waals surface area contributed by atoms with E-state index in [-0.39, 0.29) is 11.4 Å². The van der Waals surface area contributed by atoms with E-state index in [0.717, 1.165) is 6.07 Å². The van der Waals surface area contributed by atoms with Crippen molar-refractivity contribution in [2.75, 3.05) is 12.9 Å². The van der Waals surface area contributed by atoms with Gasteiger partial charge in [-0.1, -0.05) is 11.8 Å². The fourth-order valence-electron chi connectivity index (χ4n) is 1.12. The standard InChI is InChI=1S/C11H10F3N3OS/c1-19-11(16-6-15)17-7-2-3-9(8(12)4-7)18-5-10(13)14/h2-4,10H,5H2,1H3,(H,16,17). The van der Waals surface area contributed by atoms with Gasteiger partial charge in [-0.15, -0.1) is 0 Å². The minimum absolute atomic E-state index is 0.244. The van der Waals surface area contributed by atoms with Crippen molar-refractivity contribution in [2.24, 2.45) is 4.99 Å². The zero-order valence-electron chi connectivity index (χ0n) is 9.86. The Morgan fingerprint density at radius 2 is 2.32 bits per heavy atom. The van der Waals surface area contributed by atoms with Crippen LogP contribution in [0.2, 0.25) is 0 Å². The number of amidine groups is 1. The van der Waals surface area contributed by atoms with E-state index >= 15 is 0 Å². The van der Waals surface area contributed by atoms with Crippen molar-refractivity contribution in [3.8, 4) is 11.9 Å². The molecule has 0 spiro atoms. The van der Waals surface area contributed by atoms with Crippen LogP contribution < -0.4 is 10.1 Å². The lowest BCUT2D eigenvalue weighted by atomic mass is 10.3. The van der Waals surface area contributed by atoms with Gasteiger partial charge in [-0.2, -0.15) is 5.26 Å². The predicted molar refractivity (Wildman–Crippen MR) is 67.3 cm³/mol. The fourth-order valence-corrected chi connectivity index (χ4v) is 1.46. The Labute approximate surface area is 112 Å². The lowest BCUT2D eigenvalue weighted by molar-refractivity contribution is 0.0799. The third kappa shape index (κ3) is 5.09. The first-order chi connectivity index (χ1) is 9.06. The van der Waals surface area contributed by atoms with Crippen molar-refractivity contribution in [1.29, 1.82) is 5.26 Å². The summed E-state index contributed by atoms with van der Waals surface area (Å²) in [7, 11) is 0. The van der Waals surface area contributed by atoms with Crippen LogP contribution >= 0.6 is 11.8 Å². The second kappa shape index (κ2) is 7.53. The minimum Gasteiger partial charge on any atom is -0.485 e. The molecule has 1 aromatic carbocycles. The van der Waals surface area contributed by atoms with Crippen molar-refractivity contribution in [3.63, 3.8) is 0 Å². The summed E-state index contributed by atoms with van der Waals surface area (Å²) in [6.45, 7) is -0.869. The van der Waals surface area contributed by atoms with Crippen LogP contribution in [-0.4, -0.2) is 24.5 Å². The van der Waals surface area contributed by atoms with Gasteiger partial charge in [0, 0.05) is 6.07 Å². The Bertz CT molecular complexity index is 502. The van der Waals surface area contributed by atoms with Gasteiger partial charge in [0.1, 0.15) is 6.61 Å². The largest absolute Gasteiger partial charge is 0.485 e. The number of rotatable bonds is 4. The molecule has 0 saturated heterocycles. The highest BCUT2D eigenvalue weighted by Crippen LogP contribution is 2.24. The summed E-state index contributed by atoms with van der Waals surface area (Å²) in [5.74, 6) is -1.06. The third-order valence-corrected chi connectivity index (χ3v) is 2.45. The van der Waals surface area contributed by atoms with Crippen molar-refractivity contribution < 1.29 is 17.9 Å². The van der Waals surface area contributed by atoms with Crippen molar-refractivity contribution in [3.05, 3.63) is 24.0 Å². The third-order valence-electron chi connectivity index (χ3n) is 1.87. The second-order valence-corrected chi connectivity index (χ2v) is 3.97. The highest BCUT2D eigenvalue weighted by Gasteiger charge is 2.09. The number of thioether (sulfide) groups is 1. The molecule has 8 heteroatoms. The Hall–Kier alpha value is -1.88. The van der Waals surface area contributed by atoms with Gasteiger partial charge in [-0.05, 0) is 18.4 Å². The lowest BCUT2D eigenvalue weighted by Crippen LogP contribution is -2.12. The molecule has 4 nitrogen and oxygen atoms in total. The normalized spacial score (nSPS) is 11.3. The summed E-state index contributed by atoms with van der Waals surface area (Å²) in [5, 5.41) is 11.1. The van der Waals surface area contributed by atoms with Crippen LogP contribution in [0.25, 0.3) is 0 Å². The molecule has 1 N–H and O–H groups in total. The van der Waals surface area contributed by atoms with E-state index in [1.165, 1.54) is 23.9 Å². The highest BCUT2D eigenvalue weighted by molar-refractivity contribution is 8.13. The van der Waals surface area contributed by atoms with E-state index < -0.39 is 18.8 Å². The molecule has 0 aliphatic rings. The summed E-state index contributed by atoms with van der Waals surface area (Å²) in [4.78, 5) is 3.97. The van der Waals surface area contributed by atoms with E-state index in [9.17, 15) is 13.2 Å². The molecule has 0 aromatic heterocycles. The van der Waals surface area contributed by atoms with Crippen LogP contribution in [0, 0.1) is 17.3 Å². The minimum atomic E-state index is -2.67. The van der Waals surface area contributed by atoms with Gasteiger partial charge in [0.2, 0.25) is 0 Å². The molecule has 0 aliphatic heterocycles. The number of hydrogen-bond acceptors (Lipinski definition) is 4. The number of alkyl halides is 2. The van der Waals surface area contributed by atoms with Crippen LogP contribution in [0.4, 0.5) is 18.9 Å². The number of halogens is 3. The van der Waals surface area contributed by atoms with Gasteiger partial charge < -0.3 is 4.74 Å². The van der Waals surface area contributed by atoms with E-state index in [4.69, 9.17) is 5.26 Å². The molecule has 0 unspecified atom stereocenters. The average molecular weight is 289 g/mol. The summed E-state index contributed by atoms with van der Waals surface area (Å²) in [6.07, 6.45) is 0.722. The van der Waals surface area contributed by atoms with Gasteiger partial charge in [-0.3, -0.25) is 5.32 Å². The zero-order chi connectivity index (χ0) is 14.3. The number of ether oxygens (including phenoxy) is 1. The zero-order valence-corrected chi connectivity index (χ0v) is 10.7. The molecule has 0 fully saturated rings. The summed E-state index contributed by atoms with van der Waals surface area (Å²) in [6, 6.07) is 3.65. The van der Waals surface area contributed by atoms with E-state index in [0.29, 0.717) is 5.17 Å². The van der Waals surface area contributed by atoms with Gasteiger partial charge >= 0.3 is 0 Å². The molecule has 1 rings (SSSR count). The molecule has 0 radical (unpaired) electrons. The van der Waals surface area contributed by atoms with Gasteiger partial charge in [0.15, 0.2) is 22.9 Å². The van der Waals surface area contributed by atoms with Crippen molar-refractivity contribution in [2.45, 2.75) is 6.43 Å². The molecule has 102 valence electrons. The summed E-state index contributed by atoms with van der Waals surface area (Å²) < 4.78 is 41.9. The van der Waals surface area contributed by atoms with Crippen molar-refractivity contribution >= 4 is 22.6 Å². The number of hydrogen-bond donors (Lipinski definition) is 1. The Morgan fingerprint density at radius 3 is 2.84 bits per heavy atom. The first kappa shape index (κ1) is 15.2. The summed E-state index contributed by atoms with van der Waals surface area (Å²) in [5.41, 5.74) is 0.244. The van der Waals surface area contributed by atoms with E-state index in [1.807, 2.05) is 0 Å². The lowest BCUT2D eigenvalue weighted by Gasteiger charge is -2.07. The summed E-state index contributed by atoms with van der Waals surface area (Å²) >= 11 is 1.18. The monoisotopic (exact) mass is 289 g/mol. The smallest absolute Gasteiger partial charge is 0.272 e. The number of nitrogens with one attached hydrogen (secondary N) is 1. The quantitative estimate of drug-likeness (QED) is 0.401. The van der Waals surface area contributed by atoms with E-state index in [2.05, 4.69) is 15.0 Å². The molecule has 0 heterocycles. The van der Waals surface area contributed by atoms with Gasteiger partial charge in [0.05, 0.1) is 5.69 Å². The molecule has 0 atom stereocenters. The first-order valence-electron chi connectivity index (χ1n) is 5.05.